The van der Waals surface area contributed by atoms with Gasteiger partial charge in [-0.05, 0) is 37.5 Å². The third kappa shape index (κ3) is 18.9. The zero-order chi connectivity index (χ0) is 38.5. The second kappa shape index (κ2) is 19.2. The van der Waals surface area contributed by atoms with Crippen LogP contribution in [0.5, 0.6) is 0 Å². The molecule has 12 heteroatoms. The Morgan fingerprint density at radius 1 is 0.633 bits per heavy atom. The van der Waals surface area contributed by atoms with Crippen LogP contribution in [0.1, 0.15) is 119 Å². The number of Topliss-reactive ketones (excluding diaryl/α,β-unsaturated/α-hetero) is 3. The number of carbonyl (C=O) groups is 4. The van der Waals surface area contributed by atoms with Crippen molar-refractivity contribution in [3.05, 3.63) is 0 Å². The van der Waals surface area contributed by atoms with E-state index in [-0.39, 0.29) is 48.6 Å². The Morgan fingerprint density at radius 3 is 1.45 bits per heavy atom. The van der Waals surface area contributed by atoms with Crippen LogP contribution in [-0.4, -0.2) is 119 Å². The van der Waals surface area contributed by atoms with Crippen LogP contribution < -0.4 is 5.11 Å². The standard InChI is InChI=1S/C37H70N2O9S/c1-13-35(5,30(40)17-14-21-38(8,9)23-20-33(43)44)28-37(7,32(42)19-16-25-48-12)29-36(6,27-34(2,3)4)31(41)18-15-22-39(10,11)24-26-49(45,46)47/h13-29H2,1-12H3. The number of ether oxygens (including phenoxy) is 1. The van der Waals surface area contributed by atoms with E-state index in [0.29, 0.717) is 86.6 Å². The normalized spacial score (nSPS) is 16.8. The monoisotopic (exact) mass is 718 g/mol. The van der Waals surface area contributed by atoms with Crippen LogP contribution in [0.25, 0.3) is 0 Å². The first-order valence-corrected chi connectivity index (χ1v) is 19.5. The van der Waals surface area contributed by atoms with Gasteiger partial charge in [-0.2, -0.15) is 0 Å². The van der Waals surface area contributed by atoms with E-state index in [1.54, 1.807) is 7.11 Å². The molecule has 0 aliphatic carbocycles. The van der Waals surface area contributed by atoms with E-state index in [4.69, 9.17) is 4.74 Å². The molecular weight excluding hydrogens is 648 g/mol. The fraction of sp³-hybridized carbons (Fsp3) is 0.892. The SMILES string of the molecule is CCC(C)(CC(C)(CC(C)(CC(C)(C)C)C(=O)CCC[N+](C)(C)CCS(=O)(=O)[O-])C(=O)CCCOC)C(=O)CCC[N+](C)(C)CCC(=O)[O-]. The molecule has 0 aliphatic heterocycles. The number of hydrogen-bond acceptors (Lipinski definition) is 9. The Bertz CT molecular complexity index is 1210. The van der Waals surface area contributed by atoms with Gasteiger partial charge in [-0.3, -0.25) is 14.4 Å². The molecule has 0 aromatic carbocycles. The van der Waals surface area contributed by atoms with E-state index in [9.17, 15) is 37.3 Å². The van der Waals surface area contributed by atoms with Crippen molar-refractivity contribution >= 4 is 33.4 Å². The molecule has 0 rings (SSSR count). The first-order chi connectivity index (χ1) is 22.0. The summed E-state index contributed by atoms with van der Waals surface area (Å²) in [5, 5.41) is 11.0. The van der Waals surface area contributed by atoms with Gasteiger partial charge in [0, 0.05) is 74.5 Å². The Labute approximate surface area is 298 Å². The lowest BCUT2D eigenvalue weighted by atomic mass is 9.58. The highest BCUT2D eigenvalue weighted by molar-refractivity contribution is 7.85. The number of carboxylic acids is 1. The molecule has 49 heavy (non-hydrogen) atoms. The van der Waals surface area contributed by atoms with Gasteiger partial charge in [0.05, 0.1) is 60.1 Å². The van der Waals surface area contributed by atoms with Gasteiger partial charge in [0.1, 0.15) is 27.5 Å². The van der Waals surface area contributed by atoms with Crippen LogP contribution in [0.3, 0.4) is 0 Å². The van der Waals surface area contributed by atoms with Gasteiger partial charge >= 0.3 is 0 Å². The topological polar surface area (TPSA) is 158 Å². The molecule has 0 heterocycles. The summed E-state index contributed by atoms with van der Waals surface area (Å²) in [7, 11) is 4.81. The third-order valence-corrected chi connectivity index (χ3v) is 10.9. The zero-order valence-corrected chi connectivity index (χ0v) is 33.8. The van der Waals surface area contributed by atoms with Crippen LogP contribution in [0.2, 0.25) is 0 Å². The molecule has 3 unspecified atom stereocenters. The van der Waals surface area contributed by atoms with Crippen molar-refractivity contribution in [3.63, 3.8) is 0 Å². The molecule has 0 aromatic rings. The Balaban J connectivity index is 6.32. The van der Waals surface area contributed by atoms with E-state index in [0.717, 1.165) is 0 Å². The van der Waals surface area contributed by atoms with Crippen molar-refractivity contribution in [2.24, 2.45) is 21.7 Å². The van der Waals surface area contributed by atoms with E-state index in [1.807, 2.05) is 55.9 Å². The number of carbonyl (C=O) groups excluding carboxylic acids is 4. The second-order valence-electron chi connectivity index (χ2n) is 17.8. The molecule has 288 valence electrons. The fourth-order valence-corrected chi connectivity index (χ4v) is 8.14. The maximum atomic E-state index is 14.2. The highest BCUT2D eigenvalue weighted by Crippen LogP contribution is 2.50. The van der Waals surface area contributed by atoms with Gasteiger partial charge < -0.3 is 28.2 Å². The number of rotatable bonds is 27. The predicted molar refractivity (Wildman–Crippen MR) is 190 cm³/mol. The summed E-state index contributed by atoms with van der Waals surface area (Å²) in [6.07, 6.45) is 4.10. The van der Waals surface area contributed by atoms with Crippen LogP contribution in [0.15, 0.2) is 0 Å². The molecule has 0 aromatic heterocycles. The highest BCUT2D eigenvalue weighted by atomic mass is 32.2. The zero-order valence-electron chi connectivity index (χ0n) is 33.0. The Hall–Kier alpha value is -1.73. The molecular formula is C37H70N2O9S. The molecule has 0 saturated carbocycles. The van der Waals surface area contributed by atoms with Crippen molar-refractivity contribution in [2.75, 3.05) is 73.8 Å². The molecule has 0 N–H and O–H groups in total. The van der Waals surface area contributed by atoms with Gasteiger partial charge in [0.15, 0.2) is 0 Å². The van der Waals surface area contributed by atoms with E-state index < -0.39 is 38.1 Å². The summed E-state index contributed by atoms with van der Waals surface area (Å²) in [5.41, 5.74) is -2.86. The van der Waals surface area contributed by atoms with Gasteiger partial charge in [-0.15, -0.1) is 0 Å². The van der Waals surface area contributed by atoms with Crippen molar-refractivity contribution in [1.82, 2.24) is 0 Å². The average molecular weight is 719 g/mol. The first kappa shape index (κ1) is 47.3. The van der Waals surface area contributed by atoms with Crippen LogP contribution in [0, 0.1) is 21.7 Å². The van der Waals surface area contributed by atoms with E-state index >= 15 is 0 Å². The number of nitrogens with zero attached hydrogens (tertiary/aromatic N) is 2. The van der Waals surface area contributed by atoms with Crippen molar-refractivity contribution in [2.45, 2.75) is 119 Å². The molecule has 0 fully saturated rings. The Kier molecular flexibility index (Phi) is 18.5. The van der Waals surface area contributed by atoms with Crippen LogP contribution in [0.4, 0.5) is 0 Å². The lowest BCUT2D eigenvalue weighted by Gasteiger charge is -2.44. The van der Waals surface area contributed by atoms with Crippen LogP contribution >= 0.6 is 0 Å². The van der Waals surface area contributed by atoms with Crippen molar-refractivity contribution < 1.29 is 51.0 Å². The fourth-order valence-electron chi connectivity index (χ4n) is 7.43. The summed E-state index contributed by atoms with van der Waals surface area (Å²) >= 11 is 0. The third-order valence-electron chi connectivity index (χ3n) is 10.2. The van der Waals surface area contributed by atoms with Gasteiger partial charge in [-0.25, -0.2) is 8.42 Å². The summed E-state index contributed by atoms with van der Waals surface area (Å²) in [6.45, 7) is 16.1. The van der Waals surface area contributed by atoms with E-state index in [1.165, 1.54) is 0 Å². The lowest BCUT2D eigenvalue weighted by molar-refractivity contribution is -0.890. The number of carboxylic acid groups (broad SMARTS) is 1. The van der Waals surface area contributed by atoms with Gasteiger partial charge in [0.25, 0.3) is 0 Å². The average Bonchev–Trinajstić information content (AvgIpc) is 2.93. The maximum Gasteiger partial charge on any atom is 0.139 e. The smallest absolute Gasteiger partial charge is 0.139 e. The molecule has 0 spiro atoms. The molecule has 0 amide bonds. The quantitative estimate of drug-likeness (QED) is 0.0691. The number of aliphatic carboxylic acids is 1. The van der Waals surface area contributed by atoms with Crippen LogP contribution in [-0.2, 0) is 34.0 Å². The summed E-state index contributed by atoms with van der Waals surface area (Å²) < 4.78 is 39.6. The minimum Gasteiger partial charge on any atom is -0.748 e. The summed E-state index contributed by atoms with van der Waals surface area (Å²) in [5.74, 6) is -1.44. The number of methoxy groups -OCH3 is 1. The maximum absolute atomic E-state index is 14.2. The molecule has 0 bridgehead atoms. The molecule has 0 radical (unpaired) electrons. The molecule has 3 atom stereocenters. The minimum absolute atomic E-state index is 0.0154. The largest absolute Gasteiger partial charge is 0.748 e. The van der Waals surface area contributed by atoms with Crippen molar-refractivity contribution in [1.29, 1.82) is 0 Å². The van der Waals surface area contributed by atoms with Crippen molar-refractivity contribution in [3.8, 4) is 0 Å². The Morgan fingerprint density at radius 2 is 1.04 bits per heavy atom. The number of ketones is 3. The lowest BCUT2D eigenvalue weighted by Crippen LogP contribution is -2.46. The van der Waals surface area contributed by atoms with E-state index in [2.05, 4.69) is 20.8 Å². The summed E-state index contributed by atoms with van der Waals surface area (Å²) in [6, 6.07) is 0. The van der Waals surface area contributed by atoms with Gasteiger partial charge in [0.2, 0.25) is 0 Å². The summed E-state index contributed by atoms with van der Waals surface area (Å²) in [4.78, 5) is 53.3. The number of hydrogen-bond donors (Lipinski definition) is 0. The van der Waals surface area contributed by atoms with Gasteiger partial charge in [-0.1, -0.05) is 48.5 Å². The molecule has 11 nitrogen and oxygen atoms in total. The number of quaternary nitrogens is 2. The molecule has 0 aliphatic rings. The molecule has 0 saturated heterocycles. The first-order valence-electron chi connectivity index (χ1n) is 17.9. The highest BCUT2D eigenvalue weighted by Gasteiger charge is 2.49. The minimum atomic E-state index is -4.34. The second-order valence-corrected chi connectivity index (χ2v) is 19.4. The predicted octanol–water partition coefficient (Wildman–Crippen LogP) is 4.16.